The Labute approximate surface area is 97.3 Å². The summed E-state index contributed by atoms with van der Waals surface area (Å²) in [5.74, 6) is 0. The van der Waals surface area contributed by atoms with E-state index >= 15 is 0 Å². The minimum atomic E-state index is -0.181. The van der Waals surface area contributed by atoms with Crippen LogP contribution < -0.4 is 0 Å². The van der Waals surface area contributed by atoms with Crippen molar-refractivity contribution in [3.8, 4) is 0 Å². The predicted octanol–water partition coefficient (Wildman–Crippen LogP) is 2.59. The largest absolute Gasteiger partial charge is 0.395 e. The third-order valence-corrected chi connectivity index (χ3v) is 3.66. The third kappa shape index (κ3) is 1.87. The van der Waals surface area contributed by atoms with Gasteiger partial charge in [0.1, 0.15) is 0 Å². The maximum absolute atomic E-state index is 9.38. The summed E-state index contributed by atoms with van der Waals surface area (Å²) in [6.45, 7) is 4.27. The van der Waals surface area contributed by atoms with Crippen LogP contribution in [0.3, 0.4) is 0 Å². The lowest BCUT2D eigenvalue weighted by Gasteiger charge is -2.24. The number of benzene rings is 1. The molecule has 2 nitrogen and oxygen atoms in total. The molecule has 0 saturated heterocycles. The van der Waals surface area contributed by atoms with Gasteiger partial charge in [0.2, 0.25) is 0 Å². The third-order valence-electron chi connectivity index (χ3n) is 3.66. The molecule has 0 bridgehead atoms. The minimum Gasteiger partial charge on any atom is -0.395 e. The number of methoxy groups -OCH3 is 1. The summed E-state index contributed by atoms with van der Waals surface area (Å²) in [5.41, 5.74) is 2.20. The van der Waals surface area contributed by atoms with Crippen molar-refractivity contribution in [1.82, 2.24) is 0 Å². The van der Waals surface area contributed by atoms with Crippen LogP contribution in [-0.4, -0.2) is 18.8 Å². The second-order valence-electron chi connectivity index (χ2n) is 5.32. The molecular weight excluding hydrogens is 200 g/mol. The molecule has 1 aromatic carbocycles. The van der Waals surface area contributed by atoms with E-state index < -0.39 is 0 Å². The topological polar surface area (TPSA) is 29.5 Å². The summed E-state index contributed by atoms with van der Waals surface area (Å²) in [7, 11) is 1.77. The minimum absolute atomic E-state index is 0.0401. The molecule has 0 aliphatic heterocycles. The highest BCUT2D eigenvalue weighted by Gasteiger charge is 2.45. The van der Waals surface area contributed by atoms with Crippen LogP contribution in [0.5, 0.6) is 0 Å². The van der Waals surface area contributed by atoms with Crippen molar-refractivity contribution in [2.45, 2.75) is 37.7 Å². The zero-order valence-electron chi connectivity index (χ0n) is 10.3. The van der Waals surface area contributed by atoms with E-state index in [1.807, 2.05) is 0 Å². The Hall–Kier alpha value is -0.860. The van der Waals surface area contributed by atoms with Gasteiger partial charge in [0.25, 0.3) is 0 Å². The zero-order chi connectivity index (χ0) is 11.8. The molecular formula is C14H20O2. The molecule has 0 aromatic heterocycles. The Balaban J connectivity index is 2.34. The molecule has 2 heteroatoms. The number of aliphatic hydroxyl groups is 1. The van der Waals surface area contributed by atoms with Gasteiger partial charge in [0, 0.05) is 12.5 Å². The van der Waals surface area contributed by atoms with Crippen LogP contribution in [0.4, 0.5) is 0 Å². The first-order chi connectivity index (χ1) is 7.54. The average Bonchev–Trinajstić information content (AvgIpc) is 3.10. The number of ether oxygens (including phenoxy) is 1. The van der Waals surface area contributed by atoms with E-state index in [2.05, 4.69) is 38.1 Å². The molecule has 1 aliphatic carbocycles. The van der Waals surface area contributed by atoms with Crippen LogP contribution in [0.2, 0.25) is 0 Å². The monoisotopic (exact) mass is 220 g/mol. The van der Waals surface area contributed by atoms with Crippen molar-refractivity contribution >= 4 is 0 Å². The molecule has 0 unspecified atom stereocenters. The predicted molar refractivity (Wildman–Crippen MR) is 64.5 cm³/mol. The molecule has 0 atom stereocenters. The highest BCUT2D eigenvalue weighted by Crippen LogP contribution is 2.49. The molecule has 0 radical (unpaired) electrons. The van der Waals surface area contributed by atoms with Crippen molar-refractivity contribution in [3.63, 3.8) is 0 Å². The van der Waals surface area contributed by atoms with Crippen molar-refractivity contribution < 1.29 is 9.84 Å². The summed E-state index contributed by atoms with van der Waals surface area (Å²) in [6, 6.07) is 8.42. The Bertz CT molecular complexity index is 357. The quantitative estimate of drug-likeness (QED) is 0.845. The lowest BCUT2D eigenvalue weighted by Crippen LogP contribution is -2.22. The Morgan fingerprint density at radius 3 is 2.56 bits per heavy atom. The van der Waals surface area contributed by atoms with Crippen LogP contribution in [0.25, 0.3) is 0 Å². The van der Waals surface area contributed by atoms with Crippen LogP contribution in [0.1, 0.15) is 37.8 Å². The number of hydrogen-bond donors (Lipinski definition) is 1. The van der Waals surface area contributed by atoms with Gasteiger partial charge < -0.3 is 9.84 Å². The van der Waals surface area contributed by atoms with E-state index in [9.17, 15) is 5.11 Å². The fourth-order valence-corrected chi connectivity index (χ4v) is 2.04. The number of aliphatic hydroxyl groups excluding tert-OH is 1. The molecule has 1 fully saturated rings. The summed E-state index contributed by atoms with van der Waals surface area (Å²) in [5, 5.41) is 9.38. The molecule has 16 heavy (non-hydrogen) atoms. The van der Waals surface area contributed by atoms with Gasteiger partial charge >= 0.3 is 0 Å². The van der Waals surface area contributed by atoms with Crippen LogP contribution >= 0.6 is 0 Å². The van der Waals surface area contributed by atoms with Gasteiger partial charge in [-0.25, -0.2) is 0 Å². The maximum Gasteiger partial charge on any atom is 0.0930 e. The van der Waals surface area contributed by atoms with Crippen molar-refractivity contribution in [2.75, 3.05) is 13.7 Å². The normalized spacial score (nSPS) is 18.5. The van der Waals surface area contributed by atoms with Gasteiger partial charge in [-0.3, -0.25) is 0 Å². The van der Waals surface area contributed by atoms with Crippen LogP contribution in [0.15, 0.2) is 24.3 Å². The number of rotatable bonds is 4. The van der Waals surface area contributed by atoms with Gasteiger partial charge in [-0.1, -0.05) is 38.1 Å². The molecule has 1 aliphatic rings. The molecule has 88 valence electrons. The first-order valence-corrected chi connectivity index (χ1v) is 5.81. The number of hydrogen-bond acceptors (Lipinski definition) is 2. The fraction of sp³-hybridized carbons (Fsp3) is 0.571. The summed E-state index contributed by atoms with van der Waals surface area (Å²) in [6.07, 6.45) is 2.21. The smallest absolute Gasteiger partial charge is 0.0930 e. The van der Waals surface area contributed by atoms with Gasteiger partial charge in [0.05, 0.1) is 12.2 Å². The highest BCUT2D eigenvalue weighted by molar-refractivity contribution is 5.35. The van der Waals surface area contributed by atoms with Gasteiger partial charge in [-0.05, 0) is 24.0 Å². The van der Waals surface area contributed by atoms with E-state index in [1.54, 1.807) is 7.11 Å². The zero-order valence-corrected chi connectivity index (χ0v) is 10.3. The lowest BCUT2D eigenvalue weighted by atomic mass is 9.84. The second kappa shape index (κ2) is 3.86. The summed E-state index contributed by atoms with van der Waals surface area (Å²) < 4.78 is 5.57. The van der Waals surface area contributed by atoms with E-state index in [0.717, 1.165) is 12.8 Å². The average molecular weight is 220 g/mol. The lowest BCUT2D eigenvalue weighted by molar-refractivity contribution is 0.0787. The molecule has 1 N–H and O–H groups in total. The van der Waals surface area contributed by atoms with Gasteiger partial charge in [-0.15, -0.1) is 0 Å². The molecule has 0 heterocycles. The summed E-state index contributed by atoms with van der Waals surface area (Å²) >= 11 is 0. The highest BCUT2D eigenvalue weighted by atomic mass is 16.5. The first kappa shape index (κ1) is 11.6. The second-order valence-corrected chi connectivity index (χ2v) is 5.32. The van der Waals surface area contributed by atoms with E-state index in [0.29, 0.717) is 0 Å². The Morgan fingerprint density at radius 2 is 2.06 bits per heavy atom. The molecule has 1 aromatic rings. The Kier molecular flexibility index (Phi) is 2.81. The fourth-order valence-electron chi connectivity index (χ4n) is 2.04. The molecule has 1 saturated carbocycles. The van der Waals surface area contributed by atoms with Crippen LogP contribution in [-0.2, 0) is 15.8 Å². The van der Waals surface area contributed by atoms with E-state index in [1.165, 1.54) is 11.1 Å². The van der Waals surface area contributed by atoms with Crippen LogP contribution in [0, 0.1) is 0 Å². The summed E-state index contributed by atoms with van der Waals surface area (Å²) in [4.78, 5) is 0. The first-order valence-electron chi connectivity index (χ1n) is 5.81. The molecule has 0 amide bonds. The van der Waals surface area contributed by atoms with E-state index in [4.69, 9.17) is 4.74 Å². The van der Waals surface area contributed by atoms with Crippen molar-refractivity contribution in [3.05, 3.63) is 35.4 Å². The van der Waals surface area contributed by atoms with Crippen molar-refractivity contribution in [1.29, 1.82) is 0 Å². The van der Waals surface area contributed by atoms with E-state index in [-0.39, 0.29) is 17.6 Å². The maximum atomic E-state index is 9.38. The van der Waals surface area contributed by atoms with Crippen molar-refractivity contribution in [2.24, 2.45) is 0 Å². The standard InChI is InChI=1S/C14H20O2/c1-13(2,10-15)11-5-4-6-12(9-11)14(16-3)7-8-14/h4-6,9,15H,7-8,10H2,1-3H3. The molecule has 2 rings (SSSR count). The van der Waals surface area contributed by atoms with Gasteiger partial charge in [-0.2, -0.15) is 0 Å². The SMILES string of the molecule is COC1(c2cccc(C(C)(C)CO)c2)CC1. The Morgan fingerprint density at radius 1 is 1.38 bits per heavy atom. The van der Waals surface area contributed by atoms with Gasteiger partial charge in [0.15, 0.2) is 0 Å². The molecule has 0 spiro atoms.